The van der Waals surface area contributed by atoms with Crippen LogP contribution in [0.25, 0.3) is 0 Å². The molecule has 3 aromatic rings. The molecule has 0 radical (unpaired) electrons. The van der Waals surface area contributed by atoms with Crippen LogP contribution in [0.3, 0.4) is 0 Å². The average molecular weight is 433 g/mol. The second-order valence-electron chi connectivity index (χ2n) is 7.81. The first-order valence-electron chi connectivity index (χ1n) is 10.6. The van der Waals surface area contributed by atoms with Gasteiger partial charge in [0.05, 0.1) is 16.5 Å². The molecule has 0 unspecified atom stereocenters. The summed E-state index contributed by atoms with van der Waals surface area (Å²) in [6.07, 6.45) is 1.44. The van der Waals surface area contributed by atoms with Crippen molar-refractivity contribution in [2.24, 2.45) is 0 Å². The number of carbonyl (C=O) groups is 2. The van der Waals surface area contributed by atoms with E-state index in [2.05, 4.69) is 5.32 Å². The summed E-state index contributed by atoms with van der Waals surface area (Å²) in [4.78, 5) is 28.0. The molecule has 0 bridgehead atoms. The summed E-state index contributed by atoms with van der Waals surface area (Å²) in [6, 6.07) is 26.9. The highest BCUT2D eigenvalue weighted by Crippen LogP contribution is 2.28. The van der Waals surface area contributed by atoms with Gasteiger partial charge in [-0.15, -0.1) is 0 Å². The Morgan fingerprint density at radius 3 is 1.87 bits per heavy atom. The fourth-order valence-electron chi connectivity index (χ4n) is 4.10. The predicted octanol–water partition coefficient (Wildman–Crippen LogP) is 4.89. The molecule has 1 aliphatic heterocycles. The minimum Gasteiger partial charge on any atom is -0.349 e. The smallest absolute Gasteiger partial charge is 0.253 e. The Bertz CT molecular complexity index is 992. The van der Waals surface area contributed by atoms with Crippen LogP contribution in [0.1, 0.15) is 40.2 Å². The maximum Gasteiger partial charge on any atom is 0.253 e. The Balaban J connectivity index is 1.43. The third-order valence-electron chi connectivity index (χ3n) is 5.77. The topological polar surface area (TPSA) is 49.4 Å². The lowest BCUT2D eigenvalue weighted by molar-refractivity contribution is -0.132. The molecule has 1 fully saturated rings. The van der Waals surface area contributed by atoms with Crippen LogP contribution < -0.4 is 5.32 Å². The quantitative estimate of drug-likeness (QED) is 0.623. The number of nitrogens with one attached hydrogen (secondary N) is 1. The Morgan fingerprint density at radius 1 is 0.806 bits per heavy atom. The van der Waals surface area contributed by atoms with Gasteiger partial charge in [0.2, 0.25) is 5.91 Å². The van der Waals surface area contributed by atoms with Crippen molar-refractivity contribution in [3.8, 4) is 0 Å². The minimum atomic E-state index is -0.323. The second-order valence-corrected chi connectivity index (χ2v) is 8.21. The lowest BCUT2D eigenvalue weighted by Gasteiger charge is -2.35. The van der Waals surface area contributed by atoms with Gasteiger partial charge in [-0.25, -0.2) is 0 Å². The molecular formula is C26H25ClN2O2. The SMILES string of the molecule is O=C(NC1CCN(C(=O)C(c2ccccc2)c2ccccc2)CC1)c1ccccc1Cl. The first-order valence-corrected chi connectivity index (χ1v) is 11.0. The van der Waals surface area contributed by atoms with Crippen LogP contribution in [0.15, 0.2) is 84.9 Å². The number of halogens is 1. The van der Waals surface area contributed by atoms with Gasteiger partial charge >= 0.3 is 0 Å². The first-order chi connectivity index (χ1) is 15.1. The van der Waals surface area contributed by atoms with Crippen LogP contribution in [-0.4, -0.2) is 35.8 Å². The van der Waals surface area contributed by atoms with Gasteiger partial charge in [0.1, 0.15) is 0 Å². The third-order valence-corrected chi connectivity index (χ3v) is 6.10. The maximum atomic E-state index is 13.5. The molecule has 0 atom stereocenters. The molecule has 0 saturated carbocycles. The Hall–Kier alpha value is -3.11. The van der Waals surface area contributed by atoms with Crippen molar-refractivity contribution in [1.82, 2.24) is 10.2 Å². The molecular weight excluding hydrogens is 408 g/mol. The summed E-state index contributed by atoms with van der Waals surface area (Å²) in [5, 5.41) is 3.51. The molecule has 0 aromatic heterocycles. The summed E-state index contributed by atoms with van der Waals surface area (Å²) in [5.74, 6) is -0.383. The minimum absolute atomic E-state index is 0.0275. The molecule has 1 aliphatic rings. The molecule has 158 valence electrons. The van der Waals surface area contributed by atoms with Gasteiger partial charge in [-0.1, -0.05) is 84.4 Å². The molecule has 1 heterocycles. The molecule has 4 rings (SSSR count). The van der Waals surface area contributed by atoms with Gasteiger partial charge in [0.15, 0.2) is 0 Å². The molecule has 3 aromatic carbocycles. The van der Waals surface area contributed by atoms with E-state index in [0.717, 1.165) is 24.0 Å². The standard InChI is InChI=1S/C26H25ClN2O2/c27-23-14-8-7-13-22(23)25(30)28-21-15-17-29(18-16-21)26(31)24(19-9-3-1-4-10-19)20-11-5-2-6-12-20/h1-14,21,24H,15-18H2,(H,28,30). The van der Waals surface area contributed by atoms with Crippen molar-refractivity contribution in [3.63, 3.8) is 0 Å². The van der Waals surface area contributed by atoms with E-state index in [4.69, 9.17) is 11.6 Å². The highest BCUT2D eigenvalue weighted by molar-refractivity contribution is 6.33. The van der Waals surface area contributed by atoms with E-state index in [1.807, 2.05) is 65.6 Å². The zero-order valence-corrected chi connectivity index (χ0v) is 18.0. The third kappa shape index (κ3) is 4.97. The van der Waals surface area contributed by atoms with Crippen molar-refractivity contribution in [2.45, 2.75) is 24.8 Å². The number of likely N-dealkylation sites (tertiary alicyclic amines) is 1. The Labute approximate surface area is 187 Å². The number of amides is 2. The van der Waals surface area contributed by atoms with Gasteiger partial charge in [0.25, 0.3) is 5.91 Å². The highest BCUT2D eigenvalue weighted by atomic mass is 35.5. The normalized spacial score (nSPS) is 14.5. The van der Waals surface area contributed by atoms with Crippen LogP contribution in [0.2, 0.25) is 5.02 Å². The van der Waals surface area contributed by atoms with E-state index >= 15 is 0 Å². The summed E-state index contributed by atoms with van der Waals surface area (Å²) >= 11 is 6.14. The largest absolute Gasteiger partial charge is 0.349 e. The van der Waals surface area contributed by atoms with E-state index < -0.39 is 0 Å². The zero-order valence-electron chi connectivity index (χ0n) is 17.2. The average Bonchev–Trinajstić information content (AvgIpc) is 2.81. The highest BCUT2D eigenvalue weighted by Gasteiger charge is 2.31. The first kappa shape index (κ1) is 21.1. The van der Waals surface area contributed by atoms with Gasteiger partial charge in [-0.2, -0.15) is 0 Å². The predicted molar refractivity (Wildman–Crippen MR) is 123 cm³/mol. The lowest BCUT2D eigenvalue weighted by Crippen LogP contribution is -2.47. The van der Waals surface area contributed by atoms with E-state index in [-0.39, 0.29) is 23.8 Å². The van der Waals surface area contributed by atoms with Gasteiger partial charge in [-0.3, -0.25) is 9.59 Å². The molecule has 4 nitrogen and oxygen atoms in total. The van der Waals surface area contributed by atoms with Crippen LogP contribution in [0.5, 0.6) is 0 Å². The summed E-state index contributed by atoms with van der Waals surface area (Å²) in [7, 11) is 0. The Kier molecular flexibility index (Phi) is 6.68. The number of hydrogen-bond acceptors (Lipinski definition) is 2. The fraction of sp³-hybridized carbons (Fsp3) is 0.231. The number of piperidine rings is 1. The van der Waals surface area contributed by atoms with Gasteiger partial charge < -0.3 is 10.2 Å². The molecule has 1 N–H and O–H groups in total. The summed E-state index contributed by atoms with van der Waals surface area (Å²) < 4.78 is 0. The lowest BCUT2D eigenvalue weighted by atomic mass is 9.89. The van der Waals surface area contributed by atoms with Crippen LogP contribution in [0, 0.1) is 0 Å². The van der Waals surface area contributed by atoms with Gasteiger partial charge in [0, 0.05) is 19.1 Å². The molecule has 0 spiro atoms. The number of nitrogens with zero attached hydrogens (tertiary/aromatic N) is 1. The molecule has 0 aliphatic carbocycles. The van der Waals surface area contributed by atoms with E-state index in [1.54, 1.807) is 24.3 Å². The van der Waals surface area contributed by atoms with Crippen molar-refractivity contribution < 1.29 is 9.59 Å². The second kappa shape index (κ2) is 9.80. The van der Waals surface area contributed by atoms with E-state index in [9.17, 15) is 9.59 Å². The van der Waals surface area contributed by atoms with Crippen molar-refractivity contribution in [2.75, 3.05) is 13.1 Å². The number of carbonyl (C=O) groups excluding carboxylic acids is 2. The molecule has 5 heteroatoms. The summed E-state index contributed by atoms with van der Waals surface area (Å²) in [6.45, 7) is 1.23. The van der Waals surface area contributed by atoms with E-state index in [0.29, 0.717) is 23.7 Å². The van der Waals surface area contributed by atoms with Crippen molar-refractivity contribution >= 4 is 23.4 Å². The van der Waals surface area contributed by atoms with Crippen LogP contribution >= 0.6 is 11.6 Å². The monoisotopic (exact) mass is 432 g/mol. The maximum absolute atomic E-state index is 13.5. The fourth-order valence-corrected chi connectivity index (χ4v) is 4.33. The van der Waals surface area contributed by atoms with Crippen molar-refractivity contribution in [3.05, 3.63) is 107 Å². The zero-order chi connectivity index (χ0) is 21.6. The van der Waals surface area contributed by atoms with Crippen molar-refractivity contribution in [1.29, 1.82) is 0 Å². The Morgan fingerprint density at radius 2 is 1.32 bits per heavy atom. The van der Waals surface area contributed by atoms with Crippen LogP contribution in [-0.2, 0) is 4.79 Å². The van der Waals surface area contributed by atoms with Gasteiger partial charge in [-0.05, 0) is 36.1 Å². The number of rotatable bonds is 5. The number of benzene rings is 3. The molecule has 1 saturated heterocycles. The van der Waals surface area contributed by atoms with E-state index in [1.165, 1.54) is 0 Å². The van der Waals surface area contributed by atoms with Crippen LogP contribution in [0.4, 0.5) is 0 Å². The summed E-state index contributed by atoms with van der Waals surface area (Å²) in [5.41, 5.74) is 2.47. The number of hydrogen-bond donors (Lipinski definition) is 1. The molecule has 31 heavy (non-hydrogen) atoms. The molecule has 2 amide bonds.